The fourth-order valence-electron chi connectivity index (χ4n) is 0. The molecule has 0 aliphatic heterocycles. The van der Waals surface area contributed by atoms with Crippen LogP contribution in [-0.4, -0.2) is 49.1 Å². The van der Waals surface area contributed by atoms with E-state index in [2.05, 4.69) is 4.67 Å². The van der Waals surface area contributed by atoms with Gasteiger partial charge >= 0.3 is 111 Å². The van der Waals surface area contributed by atoms with Crippen LogP contribution in [0.1, 0.15) is 60.8 Å². The van der Waals surface area contributed by atoms with Crippen molar-refractivity contribution in [3.63, 3.8) is 0 Å². The van der Waals surface area contributed by atoms with Crippen molar-refractivity contribution in [3.8, 4) is 0 Å². The molecule has 0 rings (SSSR count). The smallest absolute Gasteiger partial charge is 0.870 e. The molecule has 0 amide bonds. The normalized spacial score (nSPS) is 3.56. The predicted molar refractivity (Wildman–Crippen MR) is 78.1 cm³/mol. The van der Waals surface area contributed by atoms with Gasteiger partial charge in [-0.2, -0.15) is 0 Å². The second-order valence-electron chi connectivity index (χ2n) is 0.298. The summed E-state index contributed by atoms with van der Waals surface area (Å²) in [6.07, 6.45) is 0. The van der Waals surface area contributed by atoms with Gasteiger partial charge in [-0.15, -0.1) is 0 Å². The van der Waals surface area contributed by atoms with Crippen LogP contribution in [0.5, 0.6) is 0 Å². The van der Waals surface area contributed by atoms with Crippen LogP contribution in [0.15, 0.2) is 0 Å². The zero-order valence-corrected chi connectivity index (χ0v) is 15.4. The summed E-state index contributed by atoms with van der Waals surface area (Å²) in [4.78, 5) is 8.87. The molecule has 0 aliphatic carbocycles. The molecular formula is C8H35Na4O5P. The summed E-state index contributed by atoms with van der Waals surface area (Å²) in [5.74, 6) is 0. The second kappa shape index (κ2) is 132. The first-order valence-corrected chi connectivity index (χ1v) is 10.8. The van der Waals surface area contributed by atoms with Gasteiger partial charge in [0.25, 0.3) is 0 Å². The molecule has 0 heterocycles. The van der Waals surface area contributed by atoms with Crippen LogP contribution in [0.3, 0.4) is 0 Å². The van der Waals surface area contributed by atoms with Crippen molar-refractivity contribution in [2.24, 2.45) is 0 Å². The van der Waals surface area contributed by atoms with E-state index in [1.165, 1.54) is 43.6 Å². The number of hydrogen-bond acceptors (Lipinski definition) is 5. The maximum Gasteiger partial charge on any atom is -0.870 e. The van der Waals surface area contributed by atoms with Gasteiger partial charge < -0.3 is 15.6 Å². The van der Waals surface area contributed by atoms with Gasteiger partial charge in [-0.3, -0.25) is 0 Å². The molecule has 0 radical (unpaired) electrons. The first kappa shape index (κ1) is 120. The van der Waals surface area contributed by atoms with E-state index in [0.717, 1.165) is 0 Å². The summed E-state index contributed by atoms with van der Waals surface area (Å²) in [6.45, 7) is 0. The van der Waals surface area contributed by atoms with E-state index in [-0.39, 0.29) is 125 Å². The summed E-state index contributed by atoms with van der Waals surface area (Å²) in [7, 11) is -3.15. The van der Waals surface area contributed by atoms with Crippen molar-refractivity contribution in [3.05, 3.63) is 0 Å². The molecule has 0 saturated carbocycles. The maximum absolute atomic E-state index is 8.87. The monoisotopic (exact) mass is 335 g/mol. The van der Waals surface area contributed by atoms with E-state index in [9.17, 15) is 0 Å². The Morgan fingerprint density at radius 3 is 0.889 bits per heavy atom. The van der Waals surface area contributed by atoms with Crippen molar-refractivity contribution in [2.45, 2.75) is 59.4 Å². The third kappa shape index (κ3) is 203. The van der Waals surface area contributed by atoms with Gasteiger partial charge in [0.15, 0.2) is 0 Å². The molecule has 5 nitrogen and oxygen atoms in total. The summed E-state index contributed by atoms with van der Waals surface area (Å²) in [6, 6.07) is 0. The van der Waals surface area contributed by atoms with E-state index in [4.69, 9.17) is 14.7 Å². The Labute approximate surface area is 193 Å². The van der Waals surface area contributed by atoms with E-state index in [1.807, 2.05) is 0 Å². The van der Waals surface area contributed by atoms with Crippen LogP contribution in [0.25, 0.3) is 0 Å². The van der Waals surface area contributed by atoms with E-state index in [0.29, 0.717) is 0 Å². The van der Waals surface area contributed by atoms with Crippen molar-refractivity contribution in [1.29, 1.82) is 0 Å². The number of hydrogen-bond donors (Lipinski definition) is 0. The van der Waals surface area contributed by atoms with Gasteiger partial charge in [0, 0.05) is 1.43 Å². The Balaban J connectivity index is -0.00000000144. The average Bonchev–Trinajstić information content (AvgIpc) is 1.73. The van der Waals surface area contributed by atoms with Crippen LogP contribution in [0.2, 0.25) is 0 Å². The van der Waals surface area contributed by atoms with Gasteiger partial charge in [0.1, 0.15) is 0 Å². The van der Waals surface area contributed by atoms with Gasteiger partial charge in [0.2, 0.25) is 0 Å². The van der Waals surface area contributed by atoms with Gasteiger partial charge in [0.05, 0.1) is 0 Å². The molecule has 0 bridgehead atoms. The molecule has 0 aromatic rings. The minimum absolute atomic E-state index is 0. The average molecular weight is 335 g/mol. The third-order valence-electron chi connectivity index (χ3n) is 0.0609. The molecule has 18 heavy (non-hydrogen) atoms. The summed E-state index contributed by atoms with van der Waals surface area (Å²) < 4.78 is 11.3. The quantitative estimate of drug-likeness (QED) is 0.216. The summed E-state index contributed by atoms with van der Waals surface area (Å²) in [5.41, 5.74) is 0. The Morgan fingerprint density at radius 1 is 0.833 bits per heavy atom. The van der Waals surface area contributed by atoms with Gasteiger partial charge in [-0.25, -0.2) is 4.67 Å². The van der Waals surface area contributed by atoms with Crippen molar-refractivity contribution in [2.75, 3.05) is 0 Å². The molecule has 0 fully saturated rings. The van der Waals surface area contributed by atoms with E-state index < -0.39 is 8.25 Å². The molecule has 106 valence electrons. The number of rotatable bonds is 1. The van der Waals surface area contributed by atoms with E-state index >= 15 is 0 Å². The molecule has 0 aliphatic rings. The molecule has 1 atom stereocenters. The molecule has 1 unspecified atom stereocenters. The molecule has 0 saturated heterocycles. The summed E-state index contributed by atoms with van der Waals surface area (Å²) in [5, 5.41) is 8.53. The Hall–Kier alpha value is 3.94. The standard InChI is InChI=1S/8CH4.4Na.HO4P.H2O.H2/c;;;;;;;;;;;;1-4-5(2)3;;/h8*1H4;;;;;1H;1H2;1H/q;;;;;;;;;;2*+1;;;/p-2/i;;;;;;;;;;;;;;1+1. The minimum atomic E-state index is -3.15. The van der Waals surface area contributed by atoms with Crippen LogP contribution < -0.4 is 69.3 Å². The van der Waals surface area contributed by atoms with Crippen LogP contribution >= 0.6 is 8.25 Å². The zero-order chi connectivity index (χ0) is 6.28. The van der Waals surface area contributed by atoms with Crippen LogP contribution in [0.4, 0.5) is 0 Å². The molecule has 0 spiro atoms. The molecule has 1 N–H and O–H groups in total. The fraction of sp³-hybridized carbons (Fsp3) is 1.00. The second-order valence-corrected chi connectivity index (χ2v) is 0.894. The van der Waals surface area contributed by atoms with Crippen molar-refractivity contribution < 1.29 is 85.4 Å². The first-order valence-electron chi connectivity index (χ1n) is 1.71. The summed E-state index contributed by atoms with van der Waals surface area (Å²) >= 11 is 2.89. The third-order valence-corrected chi connectivity index (χ3v) is 0.183. The van der Waals surface area contributed by atoms with Crippen LogP contribution in [0, 0.1) is 0 Å². The van der Waals surface area contributed by atoms with Crippen molar-refractivity contribution in [1.82, 2.24) is 0 Å². The largest absolute Gasteiger partial charge is 0.870 e. The van der Waals surface area contributed by atoms with Gasteiger partial charge in [-0.1, -0.05) is 59.4 Å². The van der Waals surface area contributed by atoms with E-state index in [1.54, 1.807) is 0 Å². The maximum atomic E-state index is 8.87. The van der Waals surface area contributed by atoms with Gasteiger partial charge in [-0.05, 0) is 4.57 Å². The SMILES string of the molecule is C.C.C.C.C.C.C.C.O=[P+]([O-])O[O-].[2HH].[Na+].[Na+].[Na][Na].[OH-]. The van der Waals surface area contributed by atoms with Crippen molar-refractivity contribution >= 4 is 51.9 Å². The Kier molecular flexibility index (Phi) is 883. The van der Waals surface area contributed by atoms with Crippen LogP contribution in [-0.2, 0) is 9.24 Å². The topological polar surface area (TPSA) is 102 Å². The first-order chi connectivity index (χ1) is 3.27. The molecule has 0 aromatic carbocycles. The zero-order valence-electron chi connectivity index (χ0n) is 6.53. The predicted octanol–water partition coefficient (Wildman–Crippen LogP) is -3.30. The Morgan fingerprint density at radius 2 is 0.889 bits per heavy atom. The Bertz CT molecular complexity index is 72.4. The minimum Gasteiger partial charge on any atom is -0.870 e. The molecule has 10 heteroatoms. The molecular weight excluding hydrogens is 299 g/mol. The molecule has 0 aromatic heterocycles. The fourth-order valence-corrected chi connectivity index (χ4v) is 0.